The van der Waals surface area contributed by atoms with E-state index in [1.165, 1.54) is 6.07 Å². The molecule has 41 heavy (non-hydrogen) atoms. The van der Waals surface area contributed by atoms with Crippen LogP contribution in [-0.4, -0.2) is 71.2 Å². The van der Waals surface area contributed by atoms with Crippen LogP contribution >= 0.6 is 11.6 Å². The van der Waals surface area contributed by atoms with Gasteiger partial charge in [0, 0.05) is 38.5 Å². The second-order valence-corrected chi connectivity index (χ2v) is 12.0. The number of benzene rings is 2. The van der Waals surface area contributed by atoms with E-state index in [9.17, 15) is 23.6 Å². The molecule has 2 aromatic rings. The molecule has 4 amide bonds. The second kappa shape index (κ2) is 12.2. The normalized spacial score (nSPS) is 27.2. The van der Waals surface area contributed by atoms with Gasteiger partial charge in [0.05, 0.1) is 10.6 Å². The zero-order chi connectivity index (χ0) is 29.3. The van der Waals surface area contributed by atoms with Gasteiger partial charge in [0.1, 0.15) is 17.9 Å². The van der Waals surface area contributed by atoms with Crippen LogP contribution < -0.4 is 10.6 Å². The quantitative estimate of drug-likeness (QED) is 0.579. The van der Waals surface area contributed by atoms with E-state index in [0.717, 1.165) is 12.0 Å². The highest BCUT2D eigenvalue weighted by Crippen LogP contribution is 2.37. The fraction of sp³-hybridized carbons (Fsp3) is 0.484. The molecule has 2 aromatic carbocycles. The van der Waals surface area contributed by atoms with Gasteiger partial charge >= 0.3 is 0 Å². The summed E-state index contributed by atoms with van der Waals surface area (Å²) in [5.41, 5.74) is 1.43. The highest BCUT2D eigenvalue weighted by molar-refractivity contribution is 6.34. The van der Waals surface area contributed by atoms with Crippen molar-refractivity contribution in [2.45, 2.75) is 64.1 Å². The molecule has 10 heteroatoms. The van der Waals surface area contributed by atoms with Crippen LogP contribution in [0.3, 0.4) is 0 Å². The number of hydrogen-bond donors (Lipinski definition) is 2. The van der Waals surface area contributed by atoms with Gasteiger partial charge < -0.3 is 20.4 Å². The first-order valence-corrected chi connectivity index (χ1v) is 14.7. The Morgan fingerprint density at radius 3 is 2.56 bits per heavy atom. The number of nitrogens with zero attached hydrogens (tertiary/aromatic N) is 2. The van der Waals surface area contributed by atoms with E-state index in [0.29, 0.717) is 44.5 Å². The average Bonchev–Trinajstić information content (AvgIpc) is 2.95. The van der Waals surface area contributed by atoms with Crippen molar-refractivity contribution in [3.05, 3.63) is 70.0 Å². The van der Waals surface area contributed by atoms with Crippen molar-refractivity contribution in [1.29, 1.82) is 0 Å². The molecule has 3 saturated heterocycles. The number of piperidine rings is 2. The number of amides is 4. The first-order valence-electron chi connectivity index (χ1n) is 14.3. The summed E-state index contributed by atoms with van der Waals surface area (Å²) in [6.07, 6.45) is 2.48. The Balaban J connectivity index is 1.43. The minimum Gasteiger partial charge on any atom is -0.345 e. The first-order chi connectivity index (χ1) is 19.6. The summed E-state index contributed by atoms with van der Waals surface area (Å²) in [4.78, 5) is 56.9. The average molecular weight is 583 g/mol. The third-order valence-electron chi connectivity index (χ3n) is 8.61. The van der Waals surface area contributed by atoms with Crippen LogP contribution in [0.4, 0.5) is 4.39 Å². The van der Waals surface area contributed by atoms with Gasteiger partial charge in [-0.25, -0.2) is 4.39 Å². The van der Waals surface area contributed by atoms with Crippen LogP contribution in [0.25, 0.3) is 0 Å². The molecule has 2 N–H and O–H groups in total. The van der Waals surface area contributed by atoms with Gasteiger partial charge in [0.25, 0.3) is 5.91 Å². The van der Waals surface area contributed by atoms with Crippen molar-refractivity contribution in [1.82, 2.24) is 20.4 Å². The van der Waals surface area contributed by atoms with Crippen LogP contribution in [0, 0.1) is 24.6 Å². The number of carbonyl (C=O) groups is 4. The summed E-state index contributed by atoms with van der Waals surface area (Å²) in [6.45, 7) is 4.50. The largest absolute Gasteiger partial charge is 0.345 e. The third kappa shape index (κ3) is 6.25. The number of carbonyl (C=O) groups excluding carboxylic acids is 4. The number of nitrogens with one attached hydrogen (secondary N) is 2. The number of fused-ring (bicyclic) bond motifs is 4. The van der Waals surface area contributed by atoms with Crippen LogP contribution in [-0.2, 0) is 20.8 Å². The third-order valence-corrected chi connectivity index (χ3v) is 9.10. The van der Waals surface area contributed by atoms with Crippen LogP contribution in [0.1, 0.15) is 54.1 Å². The maximum absolute atomic E-state index is 14.8. The first kappa shape index (κ1) is 29.0. The standard InChI is InChI=1S/C31H36ClFN4O4/c1-18-11-12-23(33)27(28(18)32)31(41)36-15-21-13-22(17-36)25-9-6-10-26(38)34-19(2)29(39)35-24(30(40)37(25)16-21)14-20-7-4-3-5-8-20/h3-5,7-8,11-12,19,21-22,24-25H,6,9-10,13-17H2,1-2H3,(H,34,38)(H,35,39)/t19-,21+,22-,24+,25+/m1/s1. The molecule has 5 atom stereocenters. The molecule has 0 aromatic heterocycles. The summed E-state index contributed by atoms with van der Waals surface area (Å²) in [7, 11) is 0. The van der Waals surface area contributed by atoms with Crippen molar-refractivity contribution >= 4 is 35.2 Å². The van der Waals surface area contributed by atoms with Gasteiger partial charge in [-0.05, 0) is 62.1 Å². The predicted molar refractivity (Wildman–Crippen MR) is 153 cm³/mol. The molecule has 0 radical (unpaired) electrons. The van der Waals surface area contributed by atoms with E-state index in [-0.39, 0.29) is 46.7 Å². The van der Waals surface area contributed by atoms with Gasteiger partial charge in [0.2, 0.25) is 17.7 Å². The van der Waals surface area contributed by atoms with E-state index in [1.54, 1.807) is 24.8 Å². The van der Waals surface area contributed by atoms with Crippen molar-refractivity contribution < 1.29 is 23.6 Å². The minimum absolute atomic E-state index is 0.00671. The molecule has 0 saturated carbocycles. The predicted octanol–water partition coefficient (Wildman–Crippen LogP) is 3.49. The SMILES string of the molecule is Cc1ccc(F)c(C(=O)N2C[C@@H]3C[C@H](C2)[C@@H]2CCCC(=O)N[C@H](C)C(=O)N[C@@H](Cc4ccccc4)C(=O)N2C3)c1Cl. The van der Waals surface area contributed by atoms with E-state index >= 15 is 0 Å². The lowest BCUT2D eigenvalue weighted by atomic mass is 9.77. The smallest absolute Gasteiger partial charge is 0.258 e. The lowest BCUT2D eigenvalue weighted by Crippen LogP contribution is -2.64. The van der Waals surface area contributed by atoms with E-state index < -0.39 is 29.7 Å². The molecule has 0 aliphatic carbocycles. The Hall–Kier alpha value is -3.46. The number of aryl methyl sites for hydroxylation is 1. The van der Waals surface area contributed by atoms with Crippen molar-refractivity contribution in [3.8, 4) is 0 Å². The zero-order valence-corrected chi connectivity index (χ0v) is 24.1. The molecule has 3 aliphatic rings. The molecule has 3 heterocycles. The van der Waals surface area contributed by atoms with Crippen LogP contribution in [0.2, 0.25) is 5.02 Å². The maximum atomic E-state index is 14.8. The summed E-state index contributed by atoms with van der Waals surface area (Å²) in [5.74, 6) is -1.94. The Labute approximate surface area is 244 Å². The Kier molecular flexibility index (Phi) is 8.63. The Morgan fingerprint density at radius 2 is 1.80 bits per heavy atom. The Morgan fingerprint density at radius 1 is 1.05 bits per heavy atom. The molecule has 8 nitrogen and oxygen atoms in total. The topological polar surface area (TPSA) is 98.8 Å². The van der Waals surface area contributed by atoms with E-state index in [1.807, 2.05) is 35.2 Å². The molecular formula is C31H36ClFN4O4. The molecular weight excluding hydrogens is 547 g/mol. The molecule has 3 fully saturated rings. The minimum atomic E-state index is -0.803. The van der Waals surface area contributed by atoms with Crippen LogP contribution in [0.5, 0.6) is 0 Å². The van der Waals surface area contributed by atoms with Gasteiger partial charge in [-0.3, -0.25) is 19.2 Å². The van der Waals surface area contributed by atoms with Gasteiger partial charge in [-0.15, -0.1) is 0 Å². The summed E-state index contributed by atoms with van der Waals surface area (Å²) in [5, 5.41) is 5.76. The fourth-order valence-corrected chi connectivity index (χ4v) is 6.78. The summed E-state index contributed by atoms with van der Waals surface area (Å²) >= 11 is 6.37. The number of hydrogen-bond acceptors (Lipinski definition) is 4. The number of halogens is 2. The van der Waals surface area contributed by atoms with Crippen molar-refractivity contribution in [2.24, 2.45) is 11.8 Å². The lowest BCUT2D eigenvalue weighted by Gasteiger charge is -2.51. The number of likely N-dealkylation sites (tertiary alicyclic amines) is 1. The van der Waals surface area contributed by atoms with E-state index in [4.69, 9.17) is 11.6 Å². The molecule has 5 rings (SSSR count). The van der Waals surface area contributed by atoms with Crippen LogP contribution in [0.15, 0.2) is 42.5 Å². The monoisotopic (exact) mass is 582 g/mol. The second-order valence-electron chi connectivity index (χ2n) is 11.6. The molecule has 218 valence electrons. The summed E-state index contributed by atoms with van der Waals surface area (Å²) < 4.78 is 14.8. The zero-order valence-electron chi connectivity index (χ0n) is 23.4. The van der Waals surface area contributed by atoms with Gasteiger partial charge in [0.15, 0.2) is 0 Å². The fourth-order valence-electron chi connectivity index (χ4n) is 6.54. The molecule has 0 unspecified atom stereocenters. The van der Waals surface area contributed by atoms with Crippen molar-refractivity contribution in [2.75, 3.05) is 19.6 Å². The highest BCUT2D eigenvalue weighted by Gasteiger charge is 2.45. The molecule has 2 bridgehead atoms. The van der Waals surface area contributed by atoms with E-state index in [2.05, 4.69) is 10.6 Å². The van der Waals surface area contributed by atoms with Crippen molar-refractivity contribution in [3.63, 3.8) is 0 Å². The summed E-state index contributed by atoms with van der Waals surface area (Å²) in [6, 6.07) is 10.5. The molecule has 0 spiro atoms. The lowest BCUT2D eigenvalue weighted by molar-refractivity contribution is -0.145. The maximum Gasteiger partial charge on any atom is 0.258 e. The Bertz CT molecular complexity index is 1340. The van der Waals surface area contributed by atoms with Gasteiger partial charge in [-0.1, -0.05) is 48.0 Å². The molecule has 3 aliphatic heterocycles. The number of rotatable bonds is 3. The highest BCUT2D eigenvalue weighted by atomic mass is 35.5. The van der Waals surface area contributed by atoms with Gasteiger partial charge in [-0.2, -0.15) is 0 Å².